The number of carbonyl (C=O) groups is 2. The molecule has 0 aliphatic heterocycles. The quantitative estimate of drug-likeness (QED) is 0.570. The molecule has 0 bridgehead atoms. The van der Waals surface area contributed by atoms with Crippen molar-refractivity contribution in [1.29, 1.82) is 0 Å². The van der Waals surface area contributed by atoms with Gasteiger partial charge in [-0.2, -0.15) is 0 Å². The monoisotopic (exact) mass is 392 g/mol. The number of hydrogen-bond donors (Lipinski definition) is 0. The topological polar surface area (TPSA) is 59.5 Å². The van der Waals surface area contributed by atoms with Crippen LogP contribution >= 0.6 is 46.1 Å². The van der Waals surface area contributed by atoms with Crippen molar-refractivity contribution in [1.82, 2.24) is 9.88 Å². The molecule has 0 aromatic carbocycles. The lowest BCUT2D eigenvalue weighted by atomic mass is 10.3. The van der Waals surface area contributed by atoms with Crippen molar-refractivity contribution < 1.29 is 14.3 Å². The lowest BCUT2D eigenvalue weighted by Gasteiger charge is -2.16. The van der Waals surface area contributed by atoms with Gasteiger partial charge in [0, 0.05) is 11.9 Å². The molecule has 0 saturated heterocycles. The first-order valence-corrected chi connectivity index (χ1v) is 8.29. The van der Waals surface area contributed by atoms with Gasteiger partial charge in [0.05, 0.1) is 15.9 Å². The van der Waals surface area contributed by atoms with Gasteiger partial charge >= 0.3 is 5.97 Å². The van der Waals surface area contributed by atoms with E-state index in [-0.39, 0.29) is 21.8 Å². The van der Waals surface area contributed by atoms with Crippen LogP contribution in [0.25, 0.3) is 0 Å². The summed E-state index contributed by atoms with van der Waals surface area (Å²) in [6.07, 6.45) is 0. The molecule has 0 N–H and O–H groups in total. The number of rotatable bonds is 5. The number of likely N-dealkylation sites (N-methyl/N-ethyl adjacent to an activating group) is 1. The average molecular weight is 394 g/mol. The third-order valence-electron chi connectivity index (χ3n) is 2.78. The minimum Gasteiger partial charge on any atom is -0.451 e. The normalized spacial score (nSPS) is 10.4. The van der Waals surface area contributed by atoms with Gasteiger partial charge in [0.1, 0.15) is 5.15 Å². The van der Waals surface area contributed by atoms with Gasteiger partial charge in [-0.05, 0) is 24.3 Å². The van der Waals surface area contributed by atoms with Crippen LogP contribution in [0.5, 0.6) is 0 Å². The number of carbonyl (C=O) groups excluding carboxylic acids is 2. The number of hydrogen-bond acceptors (Lipinski definition) is 5. The first-order valence-electron chi connectivity index (χ1n) is 6.34. The molecule has 1 amide bonds. The van der Waals surface area contributed by atoms with E-state index < -0.39 is 12.6 Å². The summed E-state index contributed by atoms with van der Waals surface area (Å²) in [6, 6.07) is 6.47. The van der Waals surface area contributed by atoms with E-state index in [1.807, 2.05) is 6.07 Å². The molecule has 122 valence electrons. The fourth-order valence-electron chi connectivity index (χ4n) is 1.63. The van der Waals surface area contributed by atoms with Crippen LogP contribution in [0.1, 0.15) is 15.4 Å². The maximum absolute atomic E-state index is 12.0. The van der Waals surface area contributed by atoms with E-state index in [1.54, 1.807) is 13.1 Å². The zero-order chi connectivity index (χ0) is 17.0. The highest BCUT2D eigenvalue weighted by molar-refractivity contribution is 7.16. The Morgan fingerprint density at radius 2 is 1.96 bits per heavy atom. The molecule has 0 aliphatic rings. The fourth-order valence-corrected chi connectivity index (χ4v) is 3.10. The van der Waals surface area contributed by atoms with Gasteiger partial charge in [0.25, 0.3) is 5.91 Å². The fraction of sp³-hybridized carbons (Fsp3) is 0.214. The van der Waals surface area contributed by atoms with Crippen molar-refractivity contribution in [3.8, 4) is 0 Å². The molecule has 23 heavy (non-hydrogen) atoms. The standard InChI is InChI=1S/C14H11Cl3N2O3S/c1-19(6-8-2-5-11(17)23-8)12(20)7-22-14(21)13-9(15)3-4-10(16)18-13/h2-5H,6-7H2,1H3. The molecule has 0 atom stereocenters. The van der Waals surface area contributed by atoms with Gasteiger partial charge in [-0.15, -0.1) is 11.3 Å². The van der Waals surface area contributed by atoms with Crippen molar-refractivity contribution in [3.05, 3.63) is 49.3 Å². The highest BCUT2D eigenvalue weighted by Gasteiger charge is 2.18. The summed E-state index contributed by atoms with van der Waals surface area (Å²) in [5.41, 5.74) is -0.125. The van der Waals surface area contributed by atoms with Gasteiger partial charge in [-0.25, -0.2) is 9.78 Å². The van der Waals surface area contributed by atoms with E-state index in [0.717, 1.165) is 4.88 Å². The van der Waals surface area contributed by atoms with Crippen LogP contribution in [0.3, 0.4) is 0 Å². The predicted octanol–water partition coefficient (Wildman–Crippen LogP) is 3.92. The molecule has 0 unspecified atom stereocenters. The summed E-state index contributed by atoms with van der Waals surface area (Å²) < 4.78 is 5.58. The number of halogens is 3. The molecule has 0 fully saturated rings. The summed E-state index contributed by atoms with van der Waals surface area (Å²) in [5, 5.41) is 0.216. The van der Waals surface area contributed by atoms with E-state index in [4.69, 9.17) is 39.5 Å². The van der Waals surface area contributed by atoms with Crippen molar-refractivity contribution in [2.75, 3.05) is 13.7 Å². The zero-order valence-corrected chi connectivity index (χ0v) is 15.0. The van der Waals surface area contributed by atoms with Crippen LogP contribution < -0.4 is 0 Å². The summed E-state index contributed by atoms with van der Waals surface area (Å²) in [7, 11) is 1.61. The summed E-state index contributed by atoms with van der Waals surface area (Å²) >= 11 is 18.8. The van der Waals surface area contributed by atoms with E-state index in [1.165, 1.54) is 28.4 Å². The maximum Gasteiger partial charge on any atom is 0.359 e. The Morgan fingerprint density at radius 3 is 2.61 bits per heavy atom. The number of nitrogens with zero attached hydrogens (tertiary/aromatic N) is 2. The smallest absolute Gasteiger partial charge is 0.359 e. The van der Waals surface area contributed by atoms with Crippen molar-refractivity contribution in [2.24, 2.45) is 0 Å². The predicted molar refractivity (Wildman–Crippen MR) is 90.3 cm³/mol. The highest BCUT2D eigenvalue weighted by atomic mass is 35.5. The Hall–Kier alpha value is -1.34. The van der Waals surface area contributed by atoms with Crippen LogP contribution in [0, 0.1) is 0 Å². The number of aromatic nitrogens is 1. The Kier molecular flexibility index (Phi) is 6.24. The van der Waals surface area contributed by atoms with E-state index in [2.05, 4.69) is 4.98 Å². The lowest BCUT2D eigenvalue weighted by molar-refractivity contribution is -0.133. The molecule has 0 spiro atoms. The van der Waals surface area contributed by atoms with Crippen LogP contribution in [0.4, 0.5) is 0 Å². The van der Waals surface area contributed by atoms with Gasteiger partial charge in [0.2, 0.25) is 0 Å². The average Bonchev–Trinajstić information content (AvgIpc) is 2.91. The maximum atomic E-state index is 12.0. The SMILES string of the molecule is CN(Cc1ccc(Cl)s1)C(=O)COC(=O)c1nc(Cl)ccc1Cl. The lowest BCUT2D eigenvalue weighted by Crippen LogP contribution is -2.30. The summed E-state index contributed by atoms with van der Waals surface area (Å²) in [6.45, 7) is -0.0388. The minimum atomic E-state index is -0.807. The Labute approximate surface area is 151 Å². The molecule has 0 radical (unpaired) electrons. The molecule has 5 nitrogen and oxygen atoms in total. The molecule has 0 saturated carbocycles. The minimum absolute atomic E-state index is 0.105. The second kappa shape index (κ2) is 7.97. The molecule has 0 aliphatic carbocycles. The largest absolute Gasteiger partial charge is 0.451 e. The molecule has 2 rings (SSSR count). The number of esters is 1. The summed E-state index contributed by atoms with van der Waals surface area (Å²) in [4.78, 5) is 30.0. The third-order valence-corrected chi connectivity index (χ3v) is 4.51. The first kappa shape index (κ1) is 18.0. The summed E-state index contributed by atoms with van der Waals surface area (Å²) in [5.74, 6) is -1.17. The molecule has 2 aromatic heterocycles. The Morgan fingerprint density at radius 1 is 1.22 bits per heavy atom. The van der Waals surface area contributed by atoms with Crippen molar-refractivity contribution >= 4 is 58.0 Å². The van der Waals surface area contributed by atoms with E-state index in [0.29, 0.717) is 10.9 Å². The van der Waals surface area contributed by atoms with Gasteiger partial charge in [-0.3, -0.25) is 4.79 Å². The van der Waals surface area contributed by atoms with Crippen LogP contribution in [-0.4, -0.2) is 35.4 Å². The second-order valence-corrected chi connectivity index (χ2v) is 7.09. The number of pyridine rings is 1. The van der Waals surface area contributed by atoms with Crippen molar-refractivity contribution in [3.63, 3.8) is 0 Å². The molecule has 2 aromatic rings. The first-order chi connectivity index (χ1) is 10.9. The van der Waals surface area contributed by atoms with Crippen LogP contribution in [-0.2, 0) is 16.1 Å². The zero-order valence-electron chi connectivity index (χ0n) is 11.9. The molecule has 2 heterocycles. The Balaban J connectivity index is 1.90. The number of ether oxygens (including phenoxy) is 1. The molecular weight excluding hydrogens is 383 g/mol. The van der Waals surface area contributed by atoms with Crippen LogP contribution in [0.2, 0.25) is 14.5 Å². The van der Waals surface area contributed by atoms with Crippen molar-refractivity contribution in [2.45, 2.75) is 6.54 Å². The number of thiophene rings is 1. The van der Waals surface area contributed by atoms with E-state index in [9.17, 15) is 9.59 Å². The molecule has 9 heteroatoms. The van der Waals surface area contributed by atoms with E-state index >= 15 is 0 Å². The second-order valence-electron chi connectivity index (χ2n) is 4.50. The van der Waals surface area contributed by atoms with Gasteiger partial charge < -0.3 is 9.64 Å². The molecular formula is C14H11Cl3N2O3S. The third kappa shape index (κ3) is 5.07. The number of amides is 1. The van der Waals surface area contributed by atoms with Crippen LogP contribution in [0.15, 0.2) is 24.3 Å². The van der Waals surface area contributed by atoms with Gasteiger partial charge in [0.15, 0.2) is 12.3 Å². The van der Waals surface area contributed by atoms with Gasteiger partial charge in [-0.1, -0.05) is 34.8 Å². The highest BCUT2D eigenvalue weighted by Crippen LogP contribution is 2.22. The Bertz CT molecular complexity index is 736.